The third-order valence-electron chi connectivity index (χ3n) is 4.67. The molecular formula is C20H19FN4O2. The fourth-order valence-corrected chi connectivity index (χ4v) is 3.08. The lowest BCUT2D eigenvalue weighted by Crippen LogP contribution is -2.49. The Morgan fingerprint density at radius 1 is 1.00 bits per heavy atom. The molecule has 0 saturated carbocycles. The maximum Gasteiger partial charge on any atom is 0.295 e. The molecule has 0 atom stereocenters. The Hall–Kier alpha value is -3.22. The fourth-order valence-electron chi connectivity index (χ4n) is 3.08. The standard InChI is InChI=1S/C20H19FN4O2/c1-14-2-8-17(9-3-14)24-10-12-25(13-11-24)20(26)18-22-19(27-23-18)15-4-6-16(21)7-5-15/h2-9H,10-13H2,1H3. The van der Waals surface area contributed by atoms with E-state index in [1.807, 2.05) is 0 Å². The van der Waals surface area contributed by atoms with Crippen LogP contribution in [0.2, 0.25) is 0 Å². The van der Waals surface area contributed by atoms with E-state index in [0.717, 1.165) is 18.8 Å². The topological polar surface area (TPSA) is 62.5 Å². The lowest BCUT2D eigenvalue weighted by molar-refractivity contribution is 0.0731. The largest absolute Gasteiger partial charge is 0.368 e. The van der Waals surface area contributed by atoms with E-state index < -0.39 is 0 Å². The lowest BCUT2D eigenvalue weighted by atomic mass is 10.2. The summed E-state index contributed by atoms with van der Waals surface area (Å²) in [7, 11) is 0. The number of hydrogen-bond acceptors (Lipinski definition) is 5. The van der Waals surface area contributed by atoms with Gasteiger partial charge in [0.05, 0.1) is 0 Å². The molecule has 0 spiro atoms. The lowest BCUT2D eigenvalue weighted by Gasteiger charge is -2.35. The van der Waals surface area contributed by atoms with Gasteiger partial charge in [0.25, 0.3) is 17.6 Å². The molecule has 0 aliphatic carbocycles. The van der Waals surface area contributed by atoms with Crippen LogP contribution in [0.4, 0.5) is 10.1 Å². The van der Waals surface area contributed by atoms with E-state index in [2.05, 4.69) is 46.2 Å². The number of rotatable bonds is 3. The van der Waals surface area contributed by atoms with Gasteiger partial charge >= 0.3 is 0 Å². The van der Waals surface area contributed by atoms with Crippen LogP contribution in [0.25, 0.3) is 11.5 Å². The normalized spacial score (nSPS) is 14.4. The van der Waals surface area contributed by atoms with Gasteiger partial charge in [0.2, 0.25) is 0 Å². The van der Waals surface area contributed by atoms with E-state index in [1.165, 1.54) is 29.8 Å². The van der Waals surface area contributed by atoms with Crippen molar-refractivity contribution in [3.05, 3.63) is 65.7 Å². The second-order valence-electron chi connectivity index (χ2n) is 6.54. The first-order chi connectivity index (χ1) is 13.1. The van der Waals surface area contributed by atoms with Gasteiger partial charge in [-0.25, -0.2) is 4.39 Å². The number of piperazine rings is 1. The molecule has 0 unspecified atom stereocenters. The molecular weight excluding hydrogens is 347 g/mol. The Labute approximate surface area is 156 Å². The summed E-state index contributed by atoms with van der Waals surface area (Å²) in [5.74, 6) is -0.369. The summed E-state index contributed by atoms with van der Waals surface area (Å²) in [4.78, 5) is 20.8. The number of amides is 1. The Morgan fingerprint density at radius 2 is 1.67 bits per heavy atom. The van der Waals surface area contributed by atoms with E-state index in [0.29, 0.717) is 18.7 Å². The predicted octanol–water partition coefficient (Wildman–Crippen LogP) is 3.15. The van der Waals surface area contributed by atoms with E-state index in [9.17, 15) is 9.18 Å². The molecule has 138 valence electrons. The van der Waals surface area contributed by atoms with Crippen molar-refractivity contribution in [3.63, 3.8) is 0 Å². The number of aryl methyl sites for hydroxylation is 1. The number of aromatic nitrogens is 2. The van der Waals surface area contributed by atoms with Crippen molar-refractivity contribution in [2.75, 3.05) is 31.1 Å². The first-order valence-corrected chi connectivity index (χ1v) is 8.81. The minimum atomic E-state index is -0.346. The van der Waals surface area contributed by atoms with E-state index in [4.69, 9.17) is 4.52 Å². The van der Waals surface area contributed by atoms with Gasteiger partial charge in [-0.2, -0.15) is 4.98 Å². The van der Waals surface area contributed by atoms with Crippen molar-refractivity contribution in [2.45, 2.75) is 6.92 Å². The van der Waals surface area contributed by atoms with Gasteiger partial charge in [-0.1, -0.05) is 22.9 Å². The molecule has 3 aromatic rings. The van der Waals surface area contributed by atoms with Crippen LogP contribution in [-0.4, -0.2) is 47.1 Å². The minimum absolute atomic E-state index is 0.0260. The number of carbonyl (C=O) groups excluding carboxylic acids is 1. The van der Waals surface area contributed by atoms with Crippen LogP contribution in [0.15, 0.2) is 53.1 Å². The molecule has 2 aromatic carbocycles. The van der Waals surface area contributed by atoms with Crippen molar-refractivity contribution >= 4 is 11.6 Å². The first-order valence-electron chi connectivity index (χ1n) is 8.81. The van der Waals surface area contributed by atoms with Crippen molar-refractivity contribution in [1.29, 1.82) is 0 Å². The van der Waals surface area contributed by atoms with Crippen molar-refractivity contribution < 1.29 is 13.7 Å². The molecule has 0 N–H and O–H groups in total. The summed E-state index contributed by atoms with van der Waals surface area (Å²) in [5.41, 5.74) is 2.96. The highest BCUT2D eigenvalue weighted by Gasteiger charge is 2.26. The van der Waals surface area contributed by atoms with Crippen LogP contribution in [0, 0.1) is 12.7 Å². The number of halogens is 1. The Kier molecular flexibility index (Phi) is 4.58. The van der Waals surface area contributed by atoms with Crippen molar-refractivity contribution in [1.82, 2.24) is 15.0 Å². The van der Waals surface area contributed by atoms with Crippen LogP contribution in [0.1, 0.15) is 16.2 Å². The Balaban J connectivity index is 1.41. The summed E-state index contributed by atoms with van der Waals surface area (Å²) in [6, 6.07) is 14.1. The molecule has 1 aliphatic rings. The fraction of sp³-hybridized carbons (Fsp3) is 0.250. The molecule has 1 aromatic heterocycles. The molecule has 1 amide bonds. The Morgan fingerprint density at radius 3 is 2.33 bits per heavy atom. The predicted molar refractivity (Wildman–Crippen MR) is 99.0 cm³/mol. The average Bonchev–Trinajstić information content (AvgIpc) is 3.19. The number of hydrogen-bond donors (Lipinski definition) is 0. The molecule has 27 heavy (non-hydrogen) atoms. The summed E-state index contributed by atoms with van der Waals surface area (Å²) in [5, 5.41) is 3.79. The number of nitrogens with zero attached hydrogens (tertiary/aromatic N) is 4. The third-order valence-corrected chi connectivity index (χ3v) is 4.67. The van der Waals surface area contributed by atoms with Crippen LogP contribution in [-0.2, 0) is 0 Å². The highest BCUT2D eigenvalue weighted by molar-refractivity contribution is 5.91. The van der Waals surface area contributed by atoms with Crippen molar-refractivity contribution in [3.8, 4) is 11.5 Å². The van der Waals surface area contributed by atoms with Crippen LogP contribution < -0.4 is 4.90 Å². The van der Waals surface area contributed by atoms with Gasteiger partial charge in [-0.05, 0) is 43.3 Å². The minimum Gasteiger partial charge on any atom is -0.368 e. The molecule has 1 fully saturated rings. The number of benzene rings is 2. The maximum atomic E-state index is 13.0. The van der Waals surface area contributed by atoms with Crippen LogP contribution in [0.5, 0.6) is 0 Å². The molecule has 0 radical (unpaired) electrons. The zero-order valence-corrected chi connectivity index (χ0v) is 14.9. The summed E-state index contributed by atoms with van der Waals surface area (Å²) in [6.45, 7) is 4.74. The van der Waals surface area contributed by atoms with Gasteiger partial charge < -0.3 is 14.3 Å². The van der Waals surface area contributed by atoms with Gasteiger partial charge in [0.15, 0.2) is 0 Å². The molecule has 2 heterocycles. The summed E-state index contributed by atoms with van der Waals surface area (Å²) >= 11 is 0. The molecule has 1 saturated heterocycles. The van der Waals surface area contributed by atoms with E-state index >= 15 is 0 Å². The van der Waals surface area contributed by atoms with Gasteiger partial charge in [0, 0.05) is 37.4 Å². The van der Waals surface area contributed by atoms with Crippen LogP contribution >= 0.6 is 0 Å². The maximum absolute atomic E-state index is 13.0. The average molecular weight is 366 g/mol. The Bertz CT molecular complexity index is 929. The SMILES string of the molecule is Cc1ccc(N2CCN(C(=O)c3noc(-c4ccc(F)cc4)n3)CC2)cc1. The second-order valence-corrected chi connectivity index (χ2v) is 6.54. The van der Waals surface area contributed by atoms with Gasteiger partial charge in [-0.15, -0.1) is 0 Å². The van der Waals surface area contributed by atoms with Gasteiger partial charge in [-0.3, -0.25) is 4.79 Å². The monoisotopic (exact) mass is 366 g/mol. The summed E-state index contributed by atoms with van der Waals surface area (Å²) in [6.07, 6.45) is 0. The third kappa shape index (κ3) is 3.67. The second kappa shape index (κ2) is 7.19. The molecule has 0 bridgehead atoms. The van der Waals surface area contributed by atoms with E-state index in [-0.39, 0.29) is 23.4 Å². The molecule has 6 nitrogen and oxygen atoms in total. The molecule has 4 rings (SSSR count). The van der Waals surface area contributed by atoms with Gasteiger partial charge in [0.1, 0.15) is 5.82 Å². The van der Waals surface area contributed by atoms with E-state index in [1.54, 1.807) is 4.90 Å². The van der Waals surface area contributed by atoms with Crippen molar-refractivity contribution in [2.24, 2.45) is 0 Å². The molecule has 7 heteroatoms. The smallest absolute Gasteiger partial charge is 0.295 e. The summed E-state index contributed by atoms with van der Waals surface area (Å²) < 4.78 is 18.2. The zero-order valence-electron chi connectivity index (χ0n) is 14.9. The molecule has 1 aliphatic heterocycles. The number of anilines is 1. The van der Waals surface area contributed by atoms with Crippen LogP contribution in [0.3, 0.4) is 0 Å². The first kappa shape index (κ1) is 17.2. The zero-order chi connectivity index (χ0) is 18.8. The quantitative estimate of drug-likeness (QED) is 0.713. The highest BCUT2D eigenvalue weighted by atomic mass is 19.1. The number of carbonyl (C=O) groups is 1. The highest BCUT2D eigenvalue weighted by Crippen LogP contribution is 2.20.